The van der Waals surface area contributed by atoms with Gasteiger partial charge in [0.15, 0.2) is 0 Å². The molecule has 0 atom stereocenters. The zero-order valence-electron chi connectivity index (χ0n) is 18.3. The number of hydrogen-bond acceptors (Lipinski definition) is 5. The molecule has 0 aromatic heterocycles. The molecule has 1 heterocycles. The number of methoxy groups -OCH3 is 1. The van der Waals surface area contributed by atoms with E-state index in [4.69, 9.17) is 24.5 Å². The highest BCUT2D eigenvalue weighted by molar-refractivity contribution is 6.27. The Morgan fingerprint density at radius 1 is 0.818 bits per heavy atom. The Morgan fingerprint density at radius 3 is 2.09 bits per heavy atom. The van der Waals surface area contributed by atoms with Crippen molar-refractivity contribution in [2.24, 2.45) is 0 Å². The molecule has 3 aromatic carbocycles. The molecule has 8 nitrogen and oxygen atoms in total. The van der Waals surface area contributed by atoms with E-state index in [0.717, 1.165) is 32.7 Å². The molecule has 0 radical (unpaired) electrons. The highest BCUT2D eigenvalue weighted by Crippen LogP contribution is 2.22. The van der Waals surface area contributed by atoms with Gasteiger partial charge in [-0.1, -0.05) is 54.6 Å². The van der Waals surface area contributed by atoms with E-state index in [9.17, 15) is 4.79 Å². The molecule has 1 fully saturated rings. The minimum atomic E-state index is -1.82. The molecular weight excluding hydrogens is 424 g/mol. The molecule has 0 aliphatic carbocycles. The van der Waals surface area contributed by atoms with Crippen molar-refractivity contribution in [2.75, 3.05) is 33.3 Å². The molecule has 1 aliphatic rings. The van der Waals surface area contributed by atoms with Crippen LogP contribution in [-0.4, -0.2) is 71.1 Å². The number of piperazine rings is 1. The maximum atomic E-state index is 12.8. The number of carboxylic acids is 2. The van der Waals surface area contributed by atoms with Crippen molar-refractivity contribution in [1.29, 1.82) is 0 Å². The third kappa shape index (κ3) is 6.08. The smallest absolute Gasteiger partial charge is 0.414 e. The molecule has 172 valence electrons. The Balaban J connectivity index is 0.000000454. The van der Waals surface area contributed by atoms with Crippen molar-refractivity contribution >= 4 is 28.6 Å². The highest BCUT2D eigenvalue weighted by atomic mass is 16.5. The topological polar surface area (TPSA) is 107 Å². The Kier molecular flexibility index (Phi) is 7.99. The molecule has 0 spiro atoms. The first kappa shape index (κ1) is 23.7. The minimum Gasteiger partial charge on any atom is -0.496 e. The molecule has 0 bridgehead atoms. The van der Waals surface area contributed by atoms with Crippen LogP contribution < -0.4 is 4.74 Å². The number of nitrogens with zero attached hydrogens (tertiary/aromatic N) is 2. The molecular formula is C25H26N2O6. The van der Waals surface area contributed by atoms with Crippen LogP contribution in [0.25, 0.3) is 10.8 Å². The molecule has 33 heavy (non-hydrogen) atoms. The lowest BCUT2D eigenvalue weighted by Gasteiger charge is -2.35. The van der Waals surface area contributed by atoms with E-state index in [1.807, 2.05) is 29.2 Å². The fraction of sp³-hybridized carbons (Fsp3) is 0.240. The molecule has 1 amide bonds. The van der Waals surface area contributed by atoms with E-state index in [2.05, 4.69) is 47.4 Å². The van der Waals surface area contributed by atoms with Gasteiger partial charge in [0.05, 0.1) is 12.7 Å². The van der Waals surface area contributed by atoms with Gasteiger partial charge < -0.3 is 19.8 Å². The van der Waals surface area contributed by atoms with E-state index in [1.165, 1.54) is 16.3 Å². The Hall–Kier alpha value is -3.91. The Labute approximate surface area is 191 Å². The molecule has 1 aliphatic heterocycles. The summed E-state index contributed by atoms with van der Waals surface area (Å²) < 4.78 is 5.34. The summed E-state index contributed by atoms with van der Waals surface area (Å²) in [6, 6.07) is 22.4. The SMILES string of the molecule is COc1ccccc1C(=O)N1CCN(Cc2cccc3ccccc23)CC1.O=C(O)C(=O)O. The second-order valence-corrected chi connectivity index (χ2v) is 7.52. The van der Waals surface area contributed by atoms with Crippen LogP contribution in [0.1, 0.15) is 15.9 Å². The van der Waals surface area contributed by atoms with Crippen molar-refractivity contribution in [1.82, 2.24) is 9.80 Å². The first-order chi connectivity index (χ1) is 15.9. The Morgan fingerprint density at radius 2 is 1.42 bits per heavy atom. The van der Waals surface area contributed by atoms with Crippen LogP contribution in [0, 0.1) is 0 Å². The molecule has 3 aromatic rings. The molecule has 2 N–H and O–H groups in total. The van der Waals surface area contributed by atoms with E-state index < -0.39 is 11.9 Å². The third-order valence-corrected chi connectivity index (χ3v) is 5.45. The maximum Gasteiger partial charge on any atom is 0.414 e. The summed E-state index contributed by atoms with van der Waals surface area (Å²) in [5, 5.41) is 17.4. The average Bonchev–Trinajstić information content (AvgIpc) is 2.84. The number of hydrogen-bond donors (Lipinski definition) is 2. The molecule has 1 saturated heterocycles. The number of benzene rings is 3. The van der Waals surface area contributed by atoms with Crippen LogP contribution in [-0.2, 0) is 16.1 Å². The number of rotatable bonds is 4. The lowest BCUT2D eigenvalue weighted by atomic mass is 10.0. The number of ether oxygens (including phenoxy) is 1. The number of para-hydroxylation sites is 1. The highest BCUT2D eigenvalue weighted by Gasteiger charge is 2.24. The zero-order valence-corrected chi connectivity index (χ0v) is 18.3. The number of fused-ring (bicyclic) bond motifs is 1. The van der Waals surface area contributed by atoms with Crippen LogP contribution >= 0.6 is 0 Å². The lowest BCUT2D eigenvalue weighted by Crippen LogP contribution is -2.48. The standard InChI is InChI=1S/C23H24N2O2.C2H2O4/c1-27-22-12-5-4-11-21(22)23(26)25-15-13-24(14-16-25)17-19-9-6-8-18-7-2-3-10-20(18)19;3-1(4)2(5)6/h2-12H,13-17H2,1H3;(H,3,4)(H,5,6). The van der Waals surface area contributed by atoms with E-state index in [1.54, 1.807) is 7.11 Å². The second-order valence-electron chi connectivity index (χ2n) is 7.52. The van der Waals surface area contributed by atoms with Gasteiger partial charge in [0.25, 0.3) is 5.91 Å². The number of carboxylic acid groups (broad SMARTS) is 2. The van der Waals surface area contributed by atoms with E-state index in [0.29, 0.717) is 11.3 Å². The van der Waals surface area contributed by atoms with Gasteiger partial charge in [0, 0.05) is 32.7 Å². The van der Waals surface area contributed by atoms with Crippen LogP contribution in [0.15, 0.2) is 66.7 Å². The Bertz CT molecular complexity index is 1120. The summed E-state index contributed by atoms with van der Waals surface area (Å²) in [4.78, 5) is 35.4. The van der Waals surface area contributed by atoms with Gasteiger partial charge in [0.2, 0.25) is 0 Å². The van der Waals surface area contributed by atoms with E-state index in [-0.39, 0.29) is 5.91 Å². The van der Waals surface area contributed by atoms with Gasteiger partial charge >= 0.3 is 11.9 Å². The summed E-state index contributed by atoms with van der Waals surface area (Å²) in [5.41, 5.74) is 1.99. The van der Waals surface area contributed by atoms with Crippen LogP contribution in [0.4, 0.5) is 0 Å². The van der Waals surface area contributed by atoms with Gasteiger partial charge in [0.1, 0.15) is 5.75 Å². The van der Waals surface area contributed by atoms with Crippen LogP contribution in [0.2, 0.25) is 0 Å². The van der Waals surface area contributed by atoms with Gasteiger partial charge in [-0.2, -0.15) is 0 Å². The third-order valence-electron chi connectivity index (χ3n) is 5.45. The average molecular weight is 450 g/mol. The predicted octanol–water partition coefficient (Wildman–Crippen LogP) is 2.96. The molecule has 0 unspecified atom stereocenters. The van der Waals surface area contributed by atoms with Gasteiger partial charge in [-0.05, 0) is 28.5 Å². The van der Waals surface area contributed by atoms with Crippen molar-refractivity contribution in [3.05, 3.63) is 77.9 Å². The quantitative estimate of drug-likeness (QED) is 0.589. The van der Waals surface area contributed by atoms with Crippen LogP contribution in [0.3, 0.4) is 0 Å². The maximum absolute atomic E-state index is 12.8. The fourth-order valence-corrected chi connectivity index (χ4v) is 3.77. The number of carbonyl (C=O) groups is 3. The van der Waals surface area contributed by atoms with Gasteiger partial charge in [-0.3, -0.25) is 9.69 Å². The van der Waals surface area contributed by atoms with Crippen molar-refractivity contribution in [3.63, 3.8) is 0 Å². The number of aliphatic carboxylic acids is 2. The number of amides is 1. The van der Waals surface area contributed by atoms with E-state index >= 15 is 0 Å². The first-order valence-electron chi connectivity index (χ1n) is 10.5. The summed E-state index contributed by atoms with van der Waals surface area (Å²) in [6.45, 7) is 4.15. The molecule has 0 saturated carbocycles. The predicted molar refractivity (Wildman–Crippen MR) is 123 cm³/mol. The fourth-order valence-electron chi connectivity index (χ4n) is 3.77. The zero-order chi connectivity index (χ0) is 23.8. The first-order valence-corrected chi connectivity index (χ1v) is 10.5. The van der Waals surface area contributed by atoms with Crippen molar-refractivity contribution < 1.29 is 29.3 Å². The summed E-state index contributed by atoms with van der Waals surface area (Å²) in [7, 11) is 1.61. The largest absolute Gasteiger partial charge is 0.496 e. The lowest BCUT2D eigenvalue weighted by molar-refractivity contribution is -0.159. The van der Waals surface area contributed by atoms with Crippen molar-refractivity contribution in [2.45, 2.75) is 6.54 Å². The normalized spacial score (nSPS) is 13.7. The molecule has 4 rings (SSSR count). The monoisotopic (exact) mass is 450 g/mol. The number of carbonyl (C=O) groups excluding carboxylic acids is 1. The van der Waals surface area contributed by atoms with Gasteiger partial charge in [-0.15, -0.1) is 0 Å². The molecule has 8 heteroatoms. The summed E-state index contributed by atoms with van der Waals surface area (Å²) >= 11 is 0. The van der Waals surface area contributed by atoms with Crippen molar-refractivity contribution in [3.8, 4) is 5.75 Å². The summed E-state index contributed by atoms with van der Waals surface area (Å²) in [6.07, 6.45) is 0. The summed E-state index contributed by atoms with van der Waals surface area (Å²) in [5.74, 6) is -2.96. The minimum absolute atomic E-state index is 0.0530. The second kappa shape index (κ2) is 11.1. The van der Waals surface area contributed by atoms with Gasteiger partial charge in [-0.25, -0.2) is 9.59 Å². The van der Waals surface area contributed by atoms with Crippen LogP contribution in [0.5, 0.6) is 5.75 Å².